The molecular weight excluding hydrogens is 392 g/mol. The van der Waals surface area contributed by atoms with Crippen LogP contribution in [0.3, 0.4) is 0 Å². The number of anilines is 1. The largest absolute Gasteiger partial charge is 0.461 e. The van der Waals surface area contributed by atoms with Crippen molar-refractivity contribution in [2.24, 2.45) is 0 Å². The maximum absolute atomic E-state index is 12.7. The van der Waals surface area contributed by atoms with E-state index in [-0.39, 0.29) is 35.6 Å². The lowest BCUT2D eigenvalue weighted by Crippen LogP contribution is -2.34. The van der Waals surface area contributed by atoms with Gasteiger partial charge in [-0.25, -0.2) is 13.1 Å². The molecule has 0 saturated carbocycles. The molecule has 29 heavy (non-hydrogen) atoms. The Bertz CT molecular complexity index is 1130. The molecule has 1 aliphatic heterocycles. The first-order valence-electron chi connectivity index (χ1n) is 9.29. The molecule has 8 heteroatoms. The van der Waals surface area contributed by atoms with Gasteiger partial charge in [-0.05, 0) is 43.3 Å². The summed E-state index contributed by atoms with van der Waals surface area (Å²) in [5, 5.41) is 0.971. The van der Waals surface area contributed by atoms with E-state index in [1.165, 1.54) is 24.3 Å². The third-order valence-electron chi connectivity index (χ3n) is 4.80. The summed E-state index contributed by atoms with van der Waals surface area (Å²) in [7, 11) is -3.76. The highest BCUT2D eigenvalue weighted by atomic mass is 32.2. The summed E-state index contributed by atoms with van der Waals surface area (Å²) in [5.74, 6) is 0.147. The van der Waals surface area contributed by atoms with E-state index < -0.39 is 10.0 Å². The molecule has 7 nitrogen and oxygen atoms in total. The zero-order chi connectivity index (χ0) is 20.6. The number of hydrogen-bond acceptors (Lipinski definition) is 5. The number of carbonyl (C=O) groups is 2. The van der Waals surface area contributed by atoms with Crippen LogP contribution in [0, 0.1) is 0 Å². The second kappa shape index (κ2) is 7.46. The van der Waals surface area contributed by atoms with Crippen LogP contribution in [0.15, 0.2) is 63.9 Å². The molecule has 0 aliphatic carbocycles. The minimum Gasteiger partial charge on any atom is -0.461 e. The average molecular weight is 412 g/mol. The normalized spacial score (nSPS) is 16.0. The van der Waals surface area contributed by atoms with Crippen molar-refractivity contribution in [3.8, 4) is 0 Å². The third-order valence-corrected chi connectivity index (χ3v) is 6.40. The molecule has 0 spiro atoms. The Morgan fingerprint density at radius 3 is 2.34 bits per heavy atom. The Labute approximate surface area is 168 Å². The van der Waals surface area contributed by atoms with Crippen molar-refractivity contribution in [3.63, 3.8) is 0 Å². The van der Waals surface area contributed by atoms with E-state index >= 15 is 0 Å². The van der Waals surface area contributed by atoms with Gasteiger partial charge in [-0.15, -0.1) is 0 Å². The average Bonchev–Trinajstić information content (AvgIpc) is 3.23. The number of para-hydroxylation sites is 1. The number of furan rings is 1. The highest BCUT2D eigenvalue weighted by Crippen LogP contribution is 2.24. The van der Waals surface area contributed by atoms with E-state index in [0.717, 1.165) is 15.9 Å². The molecule has 1 aromatic heterocycles. The Hall–Kier alpha value is -2.97. The van der Waals surface area contributed by atoms with Crippen LogP contribution >= 0.6 is 0 Å². The number of sulfonamides is 1. The molecular formula is C21H20N2O5S. The molecule has 1 aliphatic rings. The lowest BCUT2D eigenvalue weighted by Gasteiger charge is -2.16. The Kier molecular flexibility index (Phi) is 4.97. The van der Waals surface area contributed by atoms with Crippen molar-refractivity contribution in [1.29, 1.82) is 0 Å². The first-order chi connectivity index (χ1) is 13.8. The van der Waals surface area contributed by atoms with Gasteiger partial charge in [0.1, 0.15) is 11.3 Å². The quantitative estimate of drug-likeness (QED) is 0.628. The monoisotopic (exact) mass is 412 g/mol. The minimum atomic E-state index is -3.76. The number of nitrogens with one attached hydrogen (secondary N) is 1. The van der Waals surface area contributed by atoms with Crippen LogP contribution in [0.2, 0.25) is 0 Å². The fraction of sp³-hybridized carbons (Fsp3) is 0.238. The second-order valence-electron chi connectivity index (χ2n) is 7.09. The maximum atomic E-state index is 12.7. The summed E-state index contributed by atoms with van der Waals surface area (Å²) in [4.78, 5) is 24.8. The first-order valence-corrected chi connectivity index (χ1v) is 10.8. The maximum Gasteiger partial charge on any atom is 0.240 e. The van der Waals surface area contributed by atoms with Gasteiger partial charge in [-0.1, -0.05) is 18.2 Å². The summed E-state index contributed by atoms with van der Waals surface area (Å²) in [6, 6.07) is 14.9. The SMILES string of the molecule is C[C@@H](Cc1cc2ccccc2o1)NS(=O)(=O)c1ccc(N2C(=O)CCC2=O)cc1. The zero-order valence-corrected chi connectivity index (χ0v) is 16.6. The summed E-state index contributed by atoms with van der Waals surface area (Å²) in [6.45, 7) is 1.76. The molecule has 0 unspecified atom stereocenters. The van der Waals surface area contributed by atoms with Gasteiger partial charge in [0, 0.05) is 30.7 Å². The number of nitrogens with zero attached hydrogens (tertiary/aromatic N) is 1. The van der Waals surface area contributed by atoms with Gasteiger partial charge in [0.2, 0.25) is 21.8 Å². The van der Waals surface area contributed by atoms with Gasteiger partial charge in [0.05, 0.1) is 10.6 Å². The number of benzene rings is 2. The molecule has 1 saturated heterocycles. The van der Waals surface area contributed by atoms with Crippen LogP contribution in [-0.2, 0) is 26.0 Å². The fourth-order valence-electron chi connectivity index (χ4n) is 3.45. The zero-order valence-electron chi connectivity index (χ0n) is 15.8. The molecule has 0 radical (unpaired) electrons. The first kappa shape index (κ1) is 19.4. The highest BCUT2D eigenvalue weighted by Gasteiger charge is 2.30. The second-order valence-corrected chi connectivity index (χ2v) is 8.81. The Balaban J connectivity index is 1.46. The van der Waals surface area contributed by atoms with E-state index in [9.17, 15) is 18.0 Å². The molecule has 2 amide bonds. The van der Waals surface area contributed by atoms with Crippen molar-refractivity contribution in [2.45, 2.75) is 37.1 Å². The van der Waals surface area contributed by atoms with Crippen LogP contribution in [0.1, 0.15) is 25.5 Å². The number of rotatable bonds is 6. The fourth-order valence-corrected chi connectivity index (χ4v) is 4.70. The standard InChI is InChI=1S/C21H20N2O5S/c1-14(12-17-13-15-4-2-3-5-19(15)28-17)22-29(26,27)18-8-6-16(7-9-18)23-20(24)10-11-21(23)25/h2-9,13-14,22H,10-12H2,1H3/t14-/m0/s1. The van der Waals surface area contributed by atoms with Crippen LogP contribution in [-0.4, -0.2) is 26.3 Å². The predicted octanol–water partition coefficient (Wildman–Crippen LogP) is 3.00. The lowest BCUT2D eigenvalue weighted by atomic mass is 10.2. The smallest absolute Gasteiger partial charge is 0.240 e. The van der Waals surface area contributed by atoms with E-state index in [1.54, 1.807) is 6.92 Å². The van der Waals surface area contributed by atoms with E-state index in [2.05, 4.69) is 4.72 Å². The molecule has 4 rings (SSSR count). The van der Waals surface area contributed by atoms with Gasteiger partial charge in [-0.3, -0.25) is 14.5 Å². The number of fused-ring (bicyclic) bond motifs is 1. The summed E-state index contributed by atoms with van der Waals surface area (Å²) in [6.07, 6.45) is 0.766. The number of amides is 2. The molecule has 1 atom stereocenters. The van der Waals surface area contributed by atoms with E-state index in [0.29, 0.717) is 17.9 Å². The van der Waals surface area contributed by atoms with Gasteiger partial charge in [0.15, 0.2) is 0 Å². The van der Waals surface area contributed by atoms with Crippen molar-refractivity contribution in [3.05, 3.63) is 60.4 Å². The minimum absolute atomic E-state index is 0.0665. The highest BCUT2D eigenvalue weighted by molar-refractivity contribution is 7.89. The predicted molar refractivity (Wildman–Crippen MR) is 108 cm³/mol. The summed E-state index contributed by atoms with van der Waals surface area (Å²) < 4.78 is 33.7. The van der Waals surface area contributed by atoms with Crippen LogP contribution in [0.5, 0.6) is 0 Å². The topological polar surface area (TPSA) is 96.7 Å². The Morgan fingerprint density at radius 1 is 1.03 bits per heavy atom. The summed E-state index contributed by atoms with van der Waals surface area (Å²) in [5.41, 5.74) is 1.14. The number of carbonyl (C=O) groups excluding carboxylic acids is 2. The van der Waals surface area contributed by atoms with Gasteiger partial charge in [0.25, 0.3) is 0 Å². The van der Waals surface area contributed by atoms with Crippen molar-refractivity contribution < 1.29 is 22.4 Å². The van der Waals surface area contributed by atoms with Crippen molar-refractivity contribution >= 4 is 38.5 Å². The van der Waals surface area contributed by atoms with Crippen LogP contribution < -0.4 is 9.62 Å². The van der Waals surface area contributed by atoms with Gasteiger partial charge < -0.3 is 4.42 Å². The van der Waals surface area contributed by atoms with Crippen LogP contribution in [0.4, 0.5) is 5.69 Å². The number of imide groups is 1. The lowest BCUT2D eigenvalue weighted by molar-refractivity contribution is -0.121. The molecule has 150 valence electrons. The summed E-state index contributed by atoms with van der Waals surface area (Å²) >= 11 is 0. The Morgan fingerprint density at radius 2 is 1.69 bits per heavy atom. The van der Waals surface area contributed by atoms with Crippen molar-refractivity contribution in [1.82, 2.24) is 4.72 Å². The molecule has 2 heterocycles. The van der Waals surface area contributed by atoms with E-state index in [4.69, 9.17) is 4.42 Å². The van der Waals surface area contributed by atoms with Crippen LogP contribution in [0.25, 0.3) is 11.0 Å². The molecule has 3 aromatic rings. The van der Waals surface area contributed by atoms with Gasteiger partial charge >= 0.3 is 0 Å². The molecule has 1 fully saturated rings. The van der Waals surface area contributed by atoms with E-state index in [1.807, 2.05) is 30.3 Å². The molecule has 2 aromatic carbocycles. The van der Waals surface area contributed by atoms with Crippen molar-refractivity contribution in [2.75, 3.05) is 4.90 Å². The van der Waals surface area contributed by atoms with Gasteiger partial charge in [-0.2, -0.15) is 0 Å². The third kappa shape index (κ3) is 3.94. The number of hydrogen-bond donors (Lipinski definition) is 1. The molecule has 1 N–H and O–H groups in total. The molecule has 0 bridgehead atoms.